The summed E-state index contributed by atoms with van der Waals surface area (Å²) in [5.41, 5.74) is 0.848. The summed E-state index contributed by atoms with van der Waals surface area (Å²) in [5, 5.41) is 0. The molecule has 0 bridgehead atoms. The average Bonchev–Trinajstić information content (AvgIpc) is 3.26. The van der Waals surface area contributed by atoms with Gasteiger partial charge >= 0.3 is 11.8 Å². The highest BCUT2D eigenvalue weighted by Gasteiger charge is 2.51. The van der Waals surface area contributed by atoms with Crippen LogP contribution < -0.4 is 5.69 Å². The van der Waals surface area contributed by atoms with Crippen molar-refractivity contribution >= 4 is 17.1 Å². The van der Waals surface area contributed by atoms with E-state index in [2.05, 4.69) is 10.9 Å². The van der Waals surface area contributed by atoms with Gasteiger partial charge in [-0.1, -0.05) is 36.3 Å². The fraction of sp³-hybridized carbons (Fsp3) is 0.385. The van der Waals surface area contributed by atoms with E-state index in [9.17, 15) is 14.0 Å². The summed E-state index contributed by atoms with van der Waals surface area (Å²) >= 11 is 0. The van der Waals surface area contributed by atoms with Crippen molar-refractivity contribution in [1.29, 1.82) is 0 Å². The number of cyclic esters (lactones) is 1. The number of aromatic amines is 1. The number of aromatic nitrogens is 2. The van der Waals surface area contributed by atoms with Crippen LogP contribution in [0.5, 0.6) is 0 Å². The number of amides is 1. The zero-order chi connectivity index (χ0) is 23.3. The molecule has 1 saturated carbocycles. The van der Waals surface area contributed by atoms with Crippen LogP contribution in [-0.2, 0) is 4.74 Å². The van der Waals surface area contributed by atoms with Crippen LogP contribution in [0.2, 0.25) is 0 Å². The Labute approximate surface area is 191 Å². The molecule has 7 heteroatoms. The van der Waals surface area contributed by atoms with Crippen molar-refractivity contribution in [2.75, 3.05) is 0 Å². The molecule has 2 heterocycles. The highest BCUT2D eigenvalue weighted by molar-refractivity contribution is 5.78. The smallest absolute Gasteiger partial charge is 0.411 e. The number of hydrogen-bond donors (Lipinski definition) is 1. The van der Waals surface area contributed by atoms with E-state index >= 15 is 0 Å². The van der Waals surface area contributed by atoms with Crippen molar-refractivity contribution in [1.82, 2.24) is 14.5 Å². The van der Waals surface area contributed by atoms with Crippen molar-refractivity contribution in [3.63, 3.8) is 0 Å². The molecular weight excluding hydrogens is 421 g/mol. The monoisotopic (exact) mass is 447 g/mol. The number of nitrogens with one attached hydrogen (secondary N) is 1. The second-order valence-electron chi connectivity index (χ2n) is 9.42. The van der Waals surface area contributed by atoms with Gasteiger partial charge in [0, 0.05) is 12.1 Å². The lowest BCUT2D eigenvalue weighted by atomic mass is 9.86. The van der Waals surface area contributed by atoms with E-state index in [0.717, 1.165) is 18.4 Å². The van der Waals surface area contributed by atoms with Crippen LogP contribution in [-0.4, -0.2) is 32.2 Å². The predicted molar refractivity (Wildman–Crippen MR) is 123 cm³/mol. The van der Waals surface area contributed by atoms with E-state index in [1.54, 1.807) is 10.6 Å². The molecule has 3 aromatic rings. The molecule has 2 fully saturated rings. The van der Waals surface area contributed by atoms with E-state index in [-0.39, 0.29) is 41.0 Å². The molecule has 0 radical (unpaired) electrons. The maximum atomic E-state index is 14.6. The lowest BCUT2D eigenvalue weighted by molar-refractivity contribution is 0.0662. The predicted octanol–water partition coefficient (Wildman–Crippen LogP) is 4.91. The summed E-state index contributed by atoms with van der Waals surface area (Å²) in [6.07, 6.45) is 7.90. The number of H-pyrrole nitrogens is 1. The molecule has 2 aliphatic rings. The number of ether oxygens (including phenoxy) is 1. The highest BCUT2D eigenvalue weighted by atomic mass is 19.1. The molecule has 5 rings (SSSR count). The first-order valence-electron chi connectivity index (χ1n) is 11.3. The lowest BCUT2D eigenvalue weighted by Crippen LogP contribution is -2.43. The van der Waals surface area contributed by atoms with Crippen molar-refractivity contribution in [3.8, 4) is 12.3 Å². The SMILES string of the molecule is C#Cc1ccc2c([nH]c(=O)n2C2CCC(N3C(=O)OC(C)(C)[C@@H]3c3ccccc3)CC2)c1F. The van der Waals surface area contributed by atoms with Gasteiger partial charge in [0.15, 0.2) is 5.82 Å². The fourth-order valence-electron chi connectivity index (χ4n) is 5.56. The van der Waals surface area contributed by atoms with Gasteiger partial charge in [0.05, 0.1) is 17.1 Å². The summed E-state index contributed by atoms with van der Waals surface area (Å²) in [6, 6.07) is 12.9. The van der Waals surface area contributed by atoms with Crippen LogP contribution >= 0.6 is 0 Å². The van der Waals surface area contributed by atoms with E-state index in [1.165, 1.54) is 6.07 Å². The number of benzene rings is 2. The largest absolute Gasteiger partial charge is 0.441 e. The van der Waals surface area contributed by atoms with Gasteiger partial charge in [-0.25, -0.2) is 14.0 Å². The van der Waals surface area contributed by atoms with Crippen molar-refractivity contribution in [2.45, 2.75) is 63.3 Å². The molecule has 1 saturated heterocycles. The number of carbonyl (C=O) groups is 1. The van der Waals surface area contributed by atoms with Crippen LogP contribution in [0.1, 0.15) is 62.7 Å². The third-order valence-corrected chi connectivity index (χ3v) is 7.02. The first-order valence-corrected chi connectivity index (χ1v) is 11.3. The van der Waals surface area contributed by atoms with E-state index < -0.39 is 11.4 Å². The topological polar surface area (TPSA) is 67.3 Å². The maximum absolute atomic E-state index is 14.6. The zero-order valence-electron chi connectivity index (χ0n) is 18.7. The van der Waals surface area contributed by atoms with Crippen molar-refractivity contribution in [2.24, 2.45) is 0 Å². The quantitative estimate of drug-likeness (QED) is 0.581. The molecule has 2 aromatic carbocycles. The van der Waals surface area contributed by atoms with Gasteiger partial charge in [-0.2, -0.15) is 0 Å². The normalized spacial score (nSPS) is 24.6. The molecule has 33 heavy (non-hydrogen) atoms. The minimum Gasteiger partial charge on any atom is -0.441 e. The molecule has 1 aromatic heterocycles. The average molecular weight is 448 g/mol. The van der Waals surface area contributed by atoms with Crippen molar-refractivity contribution in [3.05, 3.63) is 69.9 Å². The Morgan fingerprint density at radius 1 is 1.06 bits per heavy atom. The number of terminal acetylenes is 1. The van der Waals surface area contributed by atoms with Gasteiger partial charge < -0.3 is 9.72 Å². The van der Waals surface area contributed by atoms with Crippen LogP contribution in [0.15, 0.2) is 47.3 Å². The zero-order valence-corrected chi connectivity index (χ0v) is 18.7. The maximum Gasteiger partial charge on any atom is 0.411 e. The fourth-order valence-corrected chi connectivity index (χ4v) is 5.56. The first kappa shape index (κ1) is 21.3. The summed E-state index contributed by atoms with van der Waals surface area (Å²) in [7, 11) is 0. The summed E-state index contributed by atoms with van der Waals surface area (Å²) in [6.45, 7) is 3.89. The number of fused-ring (bicyclic) bond motifs is 1. The van der Waals surface area contributed by atoms with E-state index in [0.29, 0.717) is 18.4 Å². The van der Waals surface area contributed by atoms with E-state index in [1.807, 2.05) is 49.1 Å². The number of imidazole rings is 1. The molecular formula is C26H26FN3O3. The Morgan fingerprint density at radius 3 is 2.39 bits per heavy atom. The van der Waals surface area contributed by atoms with Crippen LogP contribution in [0.4, 0.5) is 9.18 Å². The molecule has 0 spiro atoms. The summed E-state index contributed by atoms with van der Waals surface area (Å²) in [4.78, 5) is 30.1. The standard InChI is InChI=1S/C26H26FN3O3/c1-4-16-10-15-20-22(21(16)27)28-24(31)29(20)18-11-13-19(14-12-18)30-23(17-8-6-5-7-9-17)26(2,3)33-25(30)32/h1,5-10,15,18-19,23H,11-14H2,2-3H3,(H,28,31)/t18?,19?,23-/m0/s1. The first-order chi connectivity index (χ1) is 15.8. The van der Waals surface area contributed by atoms with Crippen LogP contribution in [0.3, 0.4) is 0 Å². The van der Waals surface area contributed by atoms with Crippen LogP contribution in [0, 0.1) is 18.2 Å². The molecule has 170 valence electrons. The molecule has 1 N–H and O–H groups in total. The Balaban J connectivity index is 1.41. The summed E-state index contributed by atoms with van der Waals surface area (Å²) in [5.74, 6) is 1.73. The number of nitrogens with zero attached hydrogens (tertiary/aromatic N) is 2. The van der Waals surface area contributed by atoms with Gasteiger partial charge in [-0.05, 0) is 57.2 Å². The van der Waals surface area contributed by atoms with Gasteiger partial charge in [-0.15, -0.1) is 6.42 Å². The second-order valence-corrected chi connectivity index (χ2v) is 9.42. The van der Waals surface area contributed by atoms with Gasteiger partial charge in [-0.3, -0.25) is 9.47 Å². The second kappa shape index (κ2) is 7.80. The number of hydrogen-bond acceptors (Lipinski definition) is 3. The Hall–Kier alpha value is -3.53. The van der Waals surface area contributed by atoms with Crippen LogP contribution in [0.25, 0.3) is 11.0 Å². The minimum atomic E-state index is -0.644. The van der Waals surface area contributed by atoms with Crippen molar-refractivity contribution < 1.29 is 13.9 Å². The number of rotatable bonds is 3. The highest BCUT2D eigenvalue weighted by Crippen LogP contribution is 2.45. The van der Waals surface area contributed by atoms with E-state index in [4.69, 9.17) is 11.2 Å². The molecule has 0 unspecified atom stereocenters. The Morgan fingerprint density at radius 2 is 1.73 bits per heavy atom. The molecule has 1 atom stereocenters. The molecule has 6 nitrogen and oxygen atoms in total. The third-order valence-electron chi connectivity index (χ3n) is 7.02. The minimum absolute atomic E-state index is 0.00594. The number of carbonyl (C=O) groups excluding carboxylic acids is 1. The van der Waals surface area contributed by atoms with Gasteiger partial charge in [0.2, 0.25) is 0 Å². The number of halogens is 1. The lowest BCUT2D eigenvalue weighted by Gasteiger charge is -2.38. The molecule has 1 aliphatic carbocycles. The van der Waals surface area contributed by atoms with Gasteiger partial charge in [0.25, 0.3) is 0 Å². The third kappa shape index (κ3) is 3.41. The summed E-state index contributed by atoms with van der Waals surface area (Å²) < 4.78 is 22.0. The Bertz CT molecular complexity index is 1310. The van der Waals surface area contributed by atoms with Gasteiger partial charge in [0.1, 0.15) is 11.1 Å². The Kier molecular flexibility index (Phi) is 5.04. The molecule has 1 aliphatic heterocycles. The molecule has 1 amide bonds.